The van der Waals surface area contributed by atoms with Crippen LogP contribution in [0.2, 0.25) is 0 Å². The topological polar surface area (TPSA) is 6.48 Å². The van der Waals surface area contributed by atoms with Crippen LogP contribution in [0, 0.1) is 5.41 Å². The molecule has 0 unspecified atom stereocenters. The number of rotatable bonds is 0. The second kappa shape index (κ2) is 3.74. The highest BCUT2D eigenvalue weighted by Gasteiger charge is 2.42. The summed E-state index contributed by atoms with van der Waals surface area (Å²) in [7, 11) is 2.25. The van der Waals surface area contributed by atoms with Crippen LogP contribution in [0.15, 0.2) is 0 Å². The van der Waals surface area contributed by atoms with Crippen molar-refractivity contribution in [2.75, 3.05) is 33.2 Å². The zero-order chi connectivity index (χ0) is 11.1. The first kappa shape index (κ1) is 11.4. The van der Waals surface area contributed by atoms with E-state index in [1.807, 2.05) is 0 Å². The lowest BCUT2D eigenvalue weighted by molar-refractivity contribution is 0.0994. The molecule has 0 saturated carbocycles. The molecule has 0 aromatic rings. The average molecular weight is 210 g/mol. The van der Waals surface area contributed by atoms with Crippen LogP contribution in [0.4, 0.5) is 0 Å². The Kier molecular flexibility index (Phi) is 2.85. The molecule has 0 aromatic heterocycles. The number of hydrogen-bond donors (Lipinski definition) is 0. The number of nitrogens with zero attached hydrogens (tertiary/aromatic N) is 2. The standard InChI is InChI=1S/C13H26N2/c1-12(2,3)15-10-7-13(11-15)5-8-14(4)9-6-13/h5-11H2,1-4H3. The molecule has 15 heavy (non-hydrogen) atoms. The van der Waals surface area contributed by atoms with E-state index in [1.54, 1.807) is 0 Å². The van der Waals surface area contributed by atoms with Crippen LogP contribution in [-0.2, 0) is 0 Å². The van der Waals surface area contributed by atoms with Gasteiger partial charge < -0.3 is 4.90 Å². The molecule has 1 spiro atoms. The SMILES string of the molecule is CN1CCC2(CC1)CCN(C(C)(C)C)C2. The van der Waals surface area contributed by atoms with Crippen LogP contribution in [0.5, 0.6) is 0 Å². The van der Waals surface area contributed by atoms with Crippen molar-refractivity contribution in [3.63, 3.8) is 0 Å². The highest BCUT2D eigenvalue weighted by atomic mass is 15.2. The third kappa shape index (κ3) is 2.36. The molecular weight excluding hydrogens is 184 g/mol. The second-order valence-electron chi connectivity index (χ2n) is 6.65. The monoisotopic (exact) mass is 210 g/mol. The zero-order valence-corrected chi connectivity index (χ0v) is 10.8. The molecule has 0 aliphatic carbocycles. The van der Waals surface area contributed by atoms with Gasteiger partial charge in [0, 0.05) is 12.1 Å². The van der Waals surface area contributed by atoms with Gasteiger partial charge in [-0.1, -0.05) is 0 Å². The van der Waals surface area contributed by atoms with Gasteiger partial charge in [-0.15, -0.1) is 0 Å². The third-order valence-corrected chi connectivity index (χ3v) is 4.43. The van der Waals surface area contributed by atoms with E-state index in [2.05, 4.69) is 37.6 Å². The fourth-order valence-corrected chi connectivity index (χ4v) is 3.01. The van der Waals surface area contributed by atoms with E-state index in [0.717, 1.165) is 0 Å². The van der Waals surface area contributed by atoms with Crippen LogP contribution in [-0.4, -0.2) is 48.6 Å². The number of hydrogen-bond acceptors (Lipinski definition) is 2. The minimum absolute atomic E-state index is 0.368. The van der Waals surface area contributed by atoms with Gasteiger partial charge in [-0.2, -0.15) is 0 Å². The first-order chi connectivity index (χ1) is 6.91. The molecule has 0 bridgehead atoms. The van der Waals surface area contributed by atoms with Gasteiger partial charge in [0.1, 0.15) is 0 Å². The molecule has 2 nitrogen and oxygen atoms in total. The Morgan fingerprint density at radius 3 is 1.93 bits per heavy atom. The van der Waals surface area contributed by atoms with E-state index in [9.17, 15) is 0 Å². The average Bonchev–Trinajstić information content (AvgIpc) is 2.55. The lowest BCUT2D eigenvalue weighted by Crippen LogP contribution is -2.44. The Morgan fingerprint density at radius 2 is 1.47 bits per heavy atom. The second-order valence-corrected chi connectivity index (χ2v) is 6.65. The molecule has 0 atom stereocenters. The molecule has 2 aliphatic rings. The summed E-state index contributed by atoms with van der Waals surface area (Å²) in [5.74, 6) is 0. The van der Waals surface area contributed by atoms with Crippen molar-refractivity contribution >= 4 is 0 Å². The Bertz CT molecular complexity index is 221. The predicted molar refractivity (Wildman–Crippen MR) is 65.1 cm³/mol. The van der Waals surface area contributed by atoms with Crippen molar-refractivity contribution in [3.05, 3.63) is 0 Å². The van der Waals surface area contributed by atoms with Crippen molar-refractivity contribution in [2.45, 2.75) is 45.6 Å². The first-order valence-electron chi connectivity index (χ1n) is 6.35. The van der Waals surface area contributed by atoms with Crippen molar-refractivity contribution in [2.24, 2.45) is 5.41 Å². The molecule has 0 radical (unpaired) electrons. The van der Waals surface area contributed by atoms with Gasteiger partial charge >= 0.3 is 0 Å². The molecule has 2 saturated heterocycles. The molecule has 2 rings (SSSR count). The Morgan fingerprint density at radius 1 is 0.933 bits per heavy atom. The summed E-state index contributed by atoms with van der Waals surface area (Å²) in [6.45, 7) is 12.3. The van der Waals surface area contributed by atoms with Crippen LogP contribution in [0.3, 0.4) is 0 Å². The van der Waals surface area contributed by atoms with Crippen molar-refractivity contribution in [1.82, 2.24) is 9.80 Å². The minimum atomic E-state index is 0.368. The lowest BCUT2D eigenvalue weighted by Gasteiger charge is -2.39. The molecule has 2 heterocycles. The number of piperidine rings is 1. The van der Waals surface area contributed by atoms with Gasteiger partial charge in [0.05, 0.1) is 0 Å². The molecule has 2 heteroatoms. The quantitative estimate of drug-likeness (QED) is 0.605. The van der Waals surface area contributed by atoms with E-state index in [0.29, 0.717) is 11.0 Å². The Hall–Kier alpha value is -0.0800. The van der Waals surface area contributed by atoms with Gasteiger partial charge in [-0.3, -0.25) is 4.90 Å². The molecule has 0 N–H and O–H groups in total. The summed E-state index contributed by atoms with van der Waals surface area (Å²) < 4.78 is 0. The van der Waals surface area contributed by atoms with Gasteiger partial charge in [-0.05, 0) is 72.1 Å². The zero-order valence-electron chi connectivity index (χ0n) is 10.8. The van der Waals surface area contributed by atoms with E-state index >= 15 is 0 Å². The number of likely N-dealkylation sites (tertiary alicyclic amines) is 2. The molecule has 2 fully saturated rings. The van der Waals surface area contributed by atoms with Crippen LogP contribution < -0.4 is 0 Å². The predicted octanol–water partition coefficient (Wildman–Crippen LogP) is 2.20. The maximum absolute atomic E-state index is 2.68. The van der Waals surface area contributed by atoms with Gasteiger partial charge in [0.2, 0.25) is 0 Å². The van der Waals surface area contributed by atoms with Gasteiger partial charge in [-0.25, -0.2) is 0 Å². The summed E-state index contributed by atoms with van der Waals surface area (Å²) >= 11 is 0. The highest BCUT2D eigenvalue weighted by Crippen LogP contribution is 2.42. The van der Waals surface area contributed by atoms with Gasteiger partial charge in [0.15, 0.2) is 0 Å². The van der Waals surface area contributed by atoms with Gasteiger partial charge in [0.25, 0.3) is 0 Å². The van der Waals surface area contributed by atoms with Crippen LogP contribution in [0.1, 0.15) is 40.0 Å². The van der Waals surface area contributed by atoms with Crippen LogP contribution >= 0.6 is 0 Å². The minimum Gasteiger partial charge on any atom is -0.306 e. The highest BCUT2D eigenvalue weighted by molar-refractivity contribution is 4.96. The first-order valence-corrected chi connectivity index (χ1v) is 6.35. The molecule has 0 aromatic carbocycles. The Labute approximate surface area is 94.6 Å². The van der Waals surface area contributed by atoms with E-state index in [1.165, 1.54) is 45.4 Å². The largest absolute Gasteiger partial charge is 0.306 e. The molecule has 0 amide bonds. The fourth-order valence-electron chi connectivity index (χ4n) is 3.01. The maximum atomic E-state index is 2.68. The van der Waals surface area contributed by atoms with Crippen molar-refractivity contribution in [3.8, 4) is 0 Å². The van der Waals surface area contributed by atoms with E-state index in [4.69, 9.17) is 0 Å². The fraction of sp³-hybridized carbons (Fsp3) is 1.00. The lowest BCUT2D eigenvalue weighted by atomic mass is 9.78. The molecular formula is C13H26N2. The normalized spacial score (nSPS) is 28.8. The van der Waals surface area contributed by atoms with Crippen LogP contribution in [0.25, 0.3) is 0 Å². The molecule has 88 valence electrons. The smallest absolute Gasteiger partial charge is 0.0125 e. The summed E-state index contributed by atoms with van der Waals surface area (Å²) in [6.07, 6.45) is 4.25. The van der Waals surface area contributed by atoms with E-state index in [-0.39, 0.29) is 0 Å². The van der Waals surface area contributed by atoms with Crippen molar-refractivity contribution < 1.29 is 0 Å². The summed E-state index contributed by atoms with van der Waals surface area (Å²) in [5, 5.41) is 0. The molecule has 2 aliphatic heterocycles. The van der Waals surface area contributed by atoms with E-state index < -0.39 is 0 Å². The summed E-state index contributed by atoms with van der Waals surface area (Å²) in [5.41, 5.74) is 1.03. The maximum Gasteiger partial charge on any atom is 0.0125 e. The Balaban J connectivity index is 1.97. The summed E-state index contributed by atoms with van der Waals surface area (Å²) in [6, 6.07) is 0. The van der Waals surface area contributed by atoms with Crippen molar-refractivity contribution in [1.29, 1.82) is 0 Å². The third-order valence-electron chi connectivity index (χ3n) is 4.43. The summed E-state index contributed by atoms with van der Waals surface area (Å²) in [4.78, 5) is 5.16.